The van der Waals surface area contributed by atoms with Crippen molar-refractivity contribution in [2.24, 2.45) is 4.99 Å². The molecule has 1 aromatic carbocycles. The van der Waals surface area contributed by atoms with Crippen molar-refractivity contribution in [1.29, 1.82) is 0 Å². The fourth-order valence-corrected chi connectivity index (χ4v) is 2.34. The Morgan fingerprint density at radius 3 is 2.54 bits per heavy atom. The first kappa shape index (κ1) is 17.8. The fourth-order valence-electron chi connectivity index (χ4n) is 2.34. The lowest BCUT2D eigenvalue weighted by Crippen LogP contribution is -2.39. The summed E-state index contributed by atoms with van der Waals surface area (Å²) in [4.78, 5) is 4.12. The Morgan fingerprint density at radius 1 is 1.17 bits per heavy atom. The van der Waals surface area contributed by atoms with Crippen LogP contribution in [0.3, 0.4) is 0 Å². The summed E-state index contributed by atoms with van der Waals surface area (Å²) in [6, 6.07) is 3.53. The molecule has 0 amide bonds. The molecule has 0 unspecified atom stereocenters. The number of benzene rings is 1. The molecule has 0 aliphatic rings. The molecule has 0 saturated heterocycles. The molecule has 0 bridgehead atoms. The third kappa shape index (κ3) is 5.29. The van der Waals surface area contributed by atoms with Crippen molar-refractivity contribution in [3.63, 3.8) is 0 Å². The smallest absolute Gasteiger partial charge is 0.191 e. The summed E-state index contributed by atoms with van der Waals surface area (Å²) in [7, 11) is 1.67. The van der Waals surface area contributed by atoms with E-state index in [1.54, 1.807) is 13.4 Å². The van der Waals surface area contributed by atoms with Gasteiger partial charge < -0.3 is 15.2 Å². The normalized spacial score (nSPS) is 11.6. The molecule has 0 aliphatic heterocycles. The highest BCUT2D eigenvalue weighted by molar-refractivity contribution is 5.79. The first-order valence-corrected chi connectivity index (χ1v) is 7.88. The number of aryl methyl sites for hydroxylation is 1. The molecule has 2 rings (SSSR count). The molecule has 24 heavy (non-hydrogen) atoms. The summed E-state index contributed by atoms with van der Waals surface area (Å²) in [6.07, 6.45) is 3.03. The van der Waals surface area contributed by atoms with E-state index in [-0.39, 0.29) is 0 Å². The van der Waals surface area contributed by atoms with Crippen LogP contribution in [0.5, 0.6) is 0 Å². The van der Waals surface area contributed by atoms with Gasteiger partial charge in [0, 0.05) is 39.2 Å². The highest BCUT2D eigenvalue weighted by Gasteiger charge is 2.03. The van der Waals surface area contributed by atoms with Crippen molar-refractivity contribution in [3.8, 4) is 0 Å². The van der Waals surface area contributed by atoms with Gasteiger partial charge in [0.05, 0.1) is 0 Å². The van der Waals surface area contributed by atoms with E-state index in [2.05, 4.69) is 25.8 Å². The third-order valence-electron chi connectivity index (χ3n) is 3.51. The number of nitrogens with one attached hydrogen (secondary N) is 2. The number of hydrogen-bond donors (Lipinski definition) is 2. The number of nitrogens with zero attached hydrogens (tertiary/aromatic N) is 4. The van der Waals surface area contributed by atoms with Crippen LogP contribution < -0.4 is 10.6 Å². The van der Waals surface area contributed by atoms with Crippen LogP contribution in [0.15, 0.2) is 29.5 Å². The molecule has 1 aromatic heterocycles. The van der Waals surface area contributed by atoms with Gasteiger partial charge in [-0.25, -0.2) is 8.78 Å². The minimum Gasteiger partial charge on any atom is -0.356 e. The first-order valence-electron chi connectivity index (χ1n) is 7.88. The Labute approximate surface area is 140 Å². The lowest BCUT2D eigenvalue weighted by atomic mass is 10.1. The van der Waals surface area contributed by atoms with Crippen molar-refractivity contribution in [3.05, 3.63) is 47.5 Å². The zero-order chi connectivity index (χ0) is 17.4. The molecule has 0 radical (unpaired) electrons. The van der Waals surface area contributed by atoms with E-state index in [0.29, 0.717) is 31.0 Å². The molecule has 1 heterocycles. The standard InChI is InChI=1S/C16H22F2N6/c1-3-15-23-22-11-24(15)7-6-21-16(19-2)20-5-4-12-8-13(17)10-14(18)9-12/h8-11H,3-7H2,1-2H3,(H2,19,20,21). The Hall–Kier alpha value is -2.51. The van der Waals surface area contributed by atoms with Crippen LogP contribution in [-0.2, 0) is 19.4 Å². The highest BCUT2D eigenvalue weighted by Crippen LogP contribution is 2.08. The molecule has 130 valence electrons. The number of guanidine groups is 1. The van der Waals surface area contributed by atoms with E-state index in [0.717, 1.165) is 24.9 Å². The SMILES string of the molecule is CCc1nncn1CCNC(=NC)NCCc1cc(F)cc(F)c1. The molecule has 2 N–H and O–H groups in total. The summed E-state index contributed by atoms with van der Waals surface area (Å²) in [5.74, 6) is 0.451. The van der Waals surface area contributed by atoms with Crippen LogP contribution in [0.2, 0.25) is 0 Å². The van der Waals surface area contributed by atoms with Crippen LogP contribution >= 0.6 is 0 Å². The van der Waals surface area contributed by atoms with Crippen LogP contribution in [-0.4, -0.2) is 40.9 Å². The molecular weight excluding hydrogens is 314 g/mol. The zero-order valence-electron chi connectivity index (χ0n) is 13.9. The topological polar surface area (TPSA) is 67.1 Å². The number of aromatic nitrogens is 3. The molecule has 0 fully saturated rings. The van der Waals surface area contributed by atoms with E-state index in [4.69, 9.17) is 0 Å². The van der Waals surface area contributed by atoms with Gasteiger partial charge in [-0.05, 0) is 24.1 Å². The lowest BCUT2D eigenvalue weighted by Gasteiger charge is -2.12. The second kappa shape index (κ2) is 8.95. The van der Waals surface area contributed by atoms with Crippen molar-refractivity contribution >= 4 is 5.96 Å². The quantitative estimate of drug-likeness (QED) is 0.594. The molecule has 8 heteroatoms. The molecule has 2 aromatic rings. The van der Waals surface area contributed by atoms with E-state index in [9.17, 15) is 8.78 Å². The molecule has 0 spiro atoms. The van der Waals surface area contributed by atoms with Gasteiger partial charge in [0.1, 0.15) is 23.8 Å². The van der Waals surface area contributed by atoms with Crippen molar-refractivity contribution in [2.75, 3.05) is 20.1 Å². The second-order valence-corrected chi connectivity index (χ2v) is 5.25. The Bertz CT molecular complexity index is 663. The van der Waals surface area contributed by atoms with E-state index >= 15 is 0 Å². The van der Waals surface area contributed by atoms with Gasteiger partial charge in [0.2, 0.25) is 0 Å². The Balaban J connectivity index is 1.74. The predicted molar refractivity (Wildman–Crippen MR) is 88.8 cm³/mol. The zero-order valence-corrected chi connectivity index (χ0v) is 13.9. The molecule has 0 saturated carbocycles. The number of hydrogen-bond acceptors (Lipinski definition) is 3. The maximum absolute atomic E-state index is 13.1. The van der Waals surface area contributed by atoms with Gasteiger partial charge in [-0.15, -0.1) is 10.2 Å². The largest absolute Gasteiger partial charge is 0.356 e. The van der Waals surface area contributed by atoms with E-state index in [1.807, 2.05) is 11.5 Å². The minimum absolute atomic E-state index is 0.501. The summed E-state index contributed by atoms with van der Waals surface area (Å²) in [5.41, 5.74) is 0.604. The fraction of sp³-hybridized carbons (Fsp3) is 0.438. The first-order chi connectivity index (χ1) is 11.6. The predicted octanol–water partition coefficient (Wildman–Crippen LogP) is 1.53. The van der Waals surface area contributed by atoms with Crippen molar-refractivity contribution in [1.82, 2.24) is 25.4 Å². The average Bonchev–Trinajstić information content (AvgIpc) is 3.00. The van der Waals surface area contributed by atoms with Crippen LogP contribution in [0.25, 0.3) is 0 Å². The van der Waals surface area contributed by atoms with Crippen molar-refractivity contribution in [2.45, 2.75) is 26.3 Å². The number of rotatable bonds is 7. The van der Waals surface area contributed by atoms with Crippen molar-refractivity contribution < 1.29 is 8.78 Å². The maximum atomic E-state index is 13.1. The summed E-state index contributed by atoms with van der Waals surface area (Å²) in [5, 5.41) is 14.2. The van der Waals surface area contributed by atoms with Gasteiger partial charge in [-0.2, -0.15) is 0 Å². The minimum atomic E-state index is -0.562. The monoisotopic (exact) mass is 336 g/mol. The number of halogens is 2. The lowest BCUT2D eigenvalue weighted by molar-refractivity contribution is 0.579. The van der Waals surface area contributed by atoms with Gasteiger partial charge >= 0.3 is 0 Å². The van der Waals surface area contributed by atoms with Crippen LogP contribution in [0, 0.1) is 11.6 Å². The van der Waals surface area contributed by atoms with Crippen LogP contribution in [0.1, 0.15) is 18.3 Å². The average molecular weight is 336 g/mol. The van der Waals surface area contributed by atoms with E-state index < -0.39 is 11.6 Å². The van der Waals surface area contributed by atoms with Gasteiger partial charge in [-0.3, -0.25) is 4.99 Å². The summed E-state index contributed by atoms with van der Waals surface area (Å²) >= 11 is 0. The molecule has 6 nitrogen and oxygen atoms in total. The molecular formula is C16H22F2N6. The maximum Gasteiger partial charge on any atom is 0.191 e. The molecule has 0 atom stereocenters. The van der Waals surface area contributed by atoms with E-state index in [1.165, 1.54) is 12.1 Å². The Kier molecular flexibility index (Phi) is 6.65. The van der Waals surface area contributed by atoms with Gasteiger partial charge in [-0.1, -0.05) is 6.92 Å². The highest BCUT2D eigenvalue weighted by atomic mass is 19.1. The third-order valence-corrected chi connectivity index (χ3v) is 3.51. The summed E-state index contributed by atoms with van der Waals surface area (Å²) < 4.78 is 28.2. The van der Waals surface area contributed by atoms with Gasteiger partial charge in [0.25, 0.3) is 0 Å². The Morgan fingerprint density at radius 2 is 1.88 bits per heavy atom. The van der Waals surface area contributed by atoms with Gasteiger partial charge in [0.15, 0.2) is 5.96 Å². The number of aliphatic imine (C=N–C) groups is 1. The summed E-state index contributed by atoms with van der Waals surface area (Å²) in [6.45, 7) is 3.95. The van der Waals surface area contributed by atoms with Crippen LogP contribution in [0.4, 0.5) is 8.78 Å². The second-order valence-electron chi connectivity index (χ2n) is 5.25. The molecule has 0 aliphatic carbocycles.